The fourth-order valence-electron chi connectivity index (χ4n) is 3.39. The van der Waals surface area contributed by atoms with Crippen molar-refractivity contribution in [3.05, 3.63) is 83.3 Å². The van der Waals surface area contributed by atoms with Gasteiger partial charge in [0, 0.05) is 53.6 Å². The minimum Gasteiger partial charge on any atom is -0.497 e. The Bertz CT molecular complexity index is 1180. The van der Waals surface area contributed by atoms with E-state index in [0.717, 1.165) is 44.9 Å². The lowest BCUT2D eigenvalue weighted by molar-refractivity contribution is 0.391. The van der Waals surface area contributed by atoms with E-state index >= 15 is 0 Å². The molecule has 0 aliphatic heterocycles. The summed E-state index contributed by atoms with van der Waals surface area (Å²) in [5.41, 5.74) is 3.10. The van der Waals surface area contributed by atoms with E-state index in [2.05, 4.69) is 32.7 Å². The summed E-state index contributed by atoms with van der Waals surface area (Å²) in [5, 5.41) is 9.53. The van der Waals surface area contributed by atoms with Crippen LogP contribution >= 0.6 is 11.6 Å². The van der Waals surface area contributed by atoms with Crippen LogP contribution in [0.2, 0.25) is 5.15 Å². The van der Waals surface area contributed by atoms with Crippen molar-refractivity contribution in [1.82, 2.24) is 9.97 Å². The standard InChI is InChI=1S/C24H23ClN4O2/c1-30-18-8-7-17(22(12-18)31-2)15-29-24-20-4-3-5-21(19(20)10-11-26-24)27-13-16-6-9-23(25)28-14-16/h3-12,14,27H,13,15H2,1-2H3,(H,26,29). The lowest BCUT2D eigenvalue weighted by Crippen LogP contribution is -2.05. The summed E-state index contributed by atoms with van der Waals surface area (Å²) in [7, 11) is 3.30. The van der Waals surface area contributed by atoms with E-state index in [9.17, 15) is 0 Å². The number of methoxy groups -OCH3 is 2. The number of aromatic nitrogens is 2. The molecule has 0 bridgehead atoms. The molecule has 4 aromatic rings. The normalized spacial score (nSPS) is 10.7. The van der Waals surface area contributed by atoms with E-state index in [0.29, 0.717) is 18.2 Å². The maximum atomic E-state index is 5.87. The van der Waals surface area contributed by atoms with E-state index in [-0.39, 0.29) is 0 Å². The molecule has 4 rings (SSSR count). The first-order valence-electron chi connectivity index (χ1n) is 9.84. The van der Waals surface area contributed by atoms with E-state index in [4.69, 9.17) is 21.1 Å². The van der Waals surface area contributed by atoms with Crippen LogP contribution in [0.5, 0.6) is 11.5 Å². The quantitative estimate of drug-likeness (QED) is 0.356. The zero-order valence-corrected chi connectivity index (χ0v) is 18.1. The summed E-state index contributed by atoms with van der Waals surface area (Å²) in [5.74, 6) is 2.34. The molecule has 2 heterocycles. The highest BCUT2D eigenvalue weighted by Crippen LogP contribution is 2.30. The molecule has 158 valence electrons. The van der Waals surface area contributed by atoms with Crippen LogP contribution in [-0.2, 0) is 13.1 Å². The average molecular weight is 435 g/mol. The zero-order chi connectivity index (χ0) is 21.6. The van der Waals surface area contributed by atoms with E-state index in [1.54, 1.807) is 26.5 Å². The highest BCUT2D eigenvalue weighted by atomic mass is 35.5. The highest BCUT2D eigenvalue weighted by molar-refractivity contribution is 6.29. The summed E-state index contributed by atoms with van der Waals surface area (Å²) < 4.78 is 10.8. The highest BCUT2D eigenvalue weighted by Gasteiger charge is 2.09. The predicted molar refractivity (Wildman–Crippen MR) is 125 cm³/mol. The molecule has 0 saturated carbocycles. The van der Waals surface area contributed by atoms with Gasteiger partial charge >= 0.3 is 0 Å². The number of halogens is 1. The van der Waals surface area contributed by atoms with Crippen LogP contribution in [0.4, 0.5) is 11.5 Å². The van der Waals surface area contributed by atoms with Gasteiger partial charge in [-0.1, -0.05) is 29.8 Å². The van der Waals surface area contributed by atoms with Crippen molar-refractivity contribution in [2.24, 2.45) is 0 Å². The van der Waals surface area contributed by atoms with Crippen molar-refractivity contribution in [1.29, 1.82) is 0 Å². The number of hydrogen-bond donors (Lipinski definition) is 2. The van der Waals surface area contributed by atoms with Crippen molar-refractivity contribution < 1.29 is 9.47 Å². The summed E-state index contributed by atoms with van der Waals surface area (Å²) in [6, 6.07) is 17.7. The third-order valence-electron chi connectivity index (χ3n) is 5.02. The van der Waals surface area contributed by atoms with E-state index < -0.39 is 0 Å². The second-order valence-corrected chi connectivity index (χ2v) is 7.32. The molecule has 0 spiro atoms. The smallest absolute Gasteiger partial charge is 0.134 e. The number of anilines is 2. The van der Waals surface area contributed by atoms with Gasteiger partial charge in [-0.05, 0) is 35.9 Å². The minimum absolute atomic E-state index is 0.490. The Morgan fingerprint density at radius 1 is 0.871 bits per heavy atom. The molecular weight excluding hydrogens is 412 g/mol. The molecule has 0 amide bonds. The SMILES string of the molecule is COc1ccc(CNc2nccc3c(NCc4ccc(Cl)nc4)cccc23)c(OC)c1. The lowest BCUT2D eigenvalue weighted by atomic mass is 10.1. The average Bonchev–Trinajstić information content (AvgIpc) is 2.82. The van der Waals surface area contributed by atoms with Crippen LogP contribution in [0.25, 0.3) is 10.8 Å². The van der Waals surface area contributed by atoms with Crippen LogP contribution in [-0.4, -0.2) is 24.2 Å². The van der Waals surface area contributed by atoms with Crippen LogP contribution in [0.15, 0.2) is 67.0 Å². The first-order chi connectivity index (χ1) is 15.2. The van der Waals surface area contributed by atoms with Gasteiger partial charge in [0.15, 0.2) is 0 Å². The second-order valence-electron chi connectivity index (χ2n) is 6.93. The van der Waals surface area contributed by atoms with Gasteiger partial charge in [0.1, 0.15) is 22.5 Å². The maximum absolute atomic E-state index is 5.87. The molecule has 0 saturated heterocycles. The molecule has 6 nitrogen and oxygen atoms in total. The van der Waals surface area contributed by atoms with Gasteiger partial charge in [-0.3, -0.25) is 0 Å². The van der Waals surface area contributed by atoms with Gasteiger partial charge in [-0.2, -0.15) is 0 Å². The topological polar surface area (TPSA) is 68.3 Å². The number of fused-ring (bicyclic) bond motifs is 1. The summed E-state index contributed by atoms with van der Waals surface area (Å²) in [4.78, 5) is 8.68. The van der Waals surface area contributed by atoms with Crippen molar-refractivity contribution >= 4 is 33.9 Å². The third-order valence-corrected chi connectivity index (χ3v) is 5.24. The Morgan fingerprint density at radius 3 is 2.55 bits per heavy atom. The number of ether oxygens (including phenoxy) is 2. The molecule has 0 unspecified atom stereocenters. The number of hydrogen-bond acceptors (Lipinski definition) is 6. The van der Waals surface area contributed by atoms with Gasteiger partial charge < -0.3 is 20.1 Å². The zero-order valence-electron chi connectivity index (χ0n) is 17.4. The summed E-state index contributed by atoms with van der Waals surface area (Å²) in [6.07, 6.45) is 3.59. The van der Waals surface area contributed by atoms with E-state index in [1.807, 2.05) is 42.6 Å². The second kappa shape index (κ2) is 9.53. The van der Waals surface area contributed by atoms with Gasteiger partial charge in [-0.25, -0.2) is 9.97 Å². The Morgan fingerprint density at radius 2 is 1.77 bits per heavy atom. The summed E-state index contributed by atoms with van der Waals surface area (Å²) >= 11 is 5.87. The van der Waals surface area contributed by atoms with Crippen LogP contribution in [0, 0.1) is 0 Å². The molecule has 0 aliphatic carbocycles. The van der Waals surface area contributed by atoms with Crippen molar-refractivity contribution in [3.63, 3.8) is 0 Å². The minimum atomic E-state index is 0.490. The number of nitrogens with one attached hydrogen (secondary N) is 2. The van der Waals surface area contributed by atoms with Gasteiger partial charge in [0.2, 0.25) is 0 Å². The fraction of sp³-hybridized carbons (Fsp3) is 0.167. The van der Waals surface area contributed by atoms with Gasteiger partial charge in [0.05, 0.1) is 14.2 Å². The van der Waals surface area contributed by atoms with Crippen LogP contribution in [0.1, 0.15) is 11.1 Å². The molecule has 2 aromatic carbocycles. The number of nitrogens with zero attached hydrogens (tertiary/aromatic N) is 2. The number of benzene rings is 2. The molecule has 0 fully saturated rings. The van der Waals surface area contributed by atoms with Gasteiger partial charge in [-0.15, -0.1) is 0 Å². The summed E-state index contributed by atoms with van der Waals surface area (Å²) in [6.45, 7) is 1.23. The Hall–Kier alpha value is -3.51. The molecule has 0 atom stereocenters. The van der Waals surface area contributed by atoms with Crippen molar-refractivity contribution in [3.8, 4) is 11.5 Å². The molecule has 31 heavy (non-hydrogen) atoms. The first-order valence-corrected chi connectivity index (χ1v) is 10.2. The molecule has 0 radical (unpaired) electrons. The molecule has 7 heteroatoms. The lowest BCUT2D eigenvalue weighted by Gasteiger charge is -2.14. The van der Waals surface area contributed by atoms with E-state index in [1.165, 1.54) is 0 Å². The van der Waals surface area contributed by atoms with Gasteiger partial charge in [0.25, 0.3) is 0 Å². The fourth-order valence-corrected chi connectivity index (χ4v) is 3.50. The third kappa shape index (κ3) is 4.81. The van der Waals surface area contributed by atoms with Crippen LogP contribution < -0.4 is 20.1 Å². The predicted octanol–water partition coefficient (Wildman–Crippen LogP) is 5.52. The maximum Gasteiger partial charge on any atom is 0.134 e. The van der Waals surface area contributed by atoms with Crippen molar-refractivity contribution in [2.45, 2.75) is 13.1 Å². The Labute approximate surface area is 186 Å². The molecular formula is C24H23ClN4O2. The van der Waals surface area contributed by atoms with Crippen LogP contribution in [0.3, 0.4) is 0 Å². The largest absolute Gasteiger partial charge is 0.497 e. The Kier molecular flexibility index (Phi) is 6.38. The number of pyridine rings is 2. The Balaban J connectivity index is 1.54. The molecule has 0 aliphatic rings. The monoisotopic (exact) mass is 434 g/mol. The first kappa shape index (κ1) is 20.8. The number of rotatable bonds is 8. The van der Waals surface area contributed by atoms with Crippen molar-refractivity contribution in [2.75, 3.05) is 24.9 Å². The molecule has 2 N–H and O–H groups in total. The molecule has 2 aromatic heterocycles.